The normalized spacial score (nSPS) is 17.1. The Morgan fingerprint density at radius 2 is 2.00 bits per heavy atom. The molecule has 0 aliphatic carbocycles. The third-order valence-corrected chi connectivity index (χ3v) is 5.70. The van der Waals surface area contributed by atoms with Crippen molar-refractivity contribution >= 4 is 28.8 Å². The highest BCUT2D eigenvalue weighted by atomic mass is 32.1. The van der Waals surface area contributed by atoms with Gasteiger partial charge < -0.3 is 10.2 Å². The molecule has 2 heterocycles. The Morgan fingerprint density at radius 3 is 2.69 bits per heavy atom. The van der Waals surface area contributed by atoms with Crippen LogP contribution in [0.2, 0.25) is 0 Å². The standard InChI is InChI=1S/C21H26N2O2S/c1-2-3-7-16-10-12-17(13-11-16)22-20(24)18-8-4-5-14-23(18)21(25)19-9-6-15-26-19/h6,9-13,15,18H,2-5,7-8,14H2,1H3,(H,22,24). The molecule has 5 heteroatoms. The van der Waals surface area contributed by atoms with Crippen molar-refractivity contribution in [2.75, 3.05) is 11.9 Å². The van der Waals surface area contributed by atoms with Gasteiger partial charge in [0.2, 0.25) is 5.91 Å². The number of rotatable bonds is 6. The fourth-order valence-corrected chi connectivity index (χ4v) is 4.03. The SMILES string of the molecule is CCCCc1ccc(NC(=O)C2CCCCN2C(=O)c2cccs2)cc1. The molecule has 0 saturated carbocycles. The third-order valence-electron chi connectivity index (χ3n) is 4.84. The van der Waals surface area contributed by atoms with Gasteiger partial charge in [0.15, 0.2) is 0 Å². The number of carbonyl (C=O) groups is 2. The van der Waals surface area contributed by atoms with Crippen LogP contribution >= 0.6 is 11.3 Å². The molecule has 1 aromatic heterocycles. The van der Waals surface area contributed by atoms with Crippen LogP contribution in [0.3, 0.4) is 0 Å². The molecule has 1 unspecified atom stereocenters. The van der Waals surface area contributed by atoms with Gasteiger partial charge in [-0.2, -0.15) is 0 Å². The Labute approximate surface area is 159 Å². The molecule has 1 aromatic carbocycles. The molecule has 1 aliphatic heterocycles. The molecule has 3 rings (SSSR count). The van der Waals surface area contributed by atoms with E-state index >= 15 is 0 Å². The van der Waals surface area contributed by atoms with Gasteiger partial charge >= 0.3 is 0 Å². The summed E-state index contributed by atoms with van der Waals surface area (Å²) in [5.74, 6) is -0.120. The van der Waals surface area contributed by atoms with Gasteiger partial charge in [-0.15, -0.1) is 11.3 Å². The second kappa shape index (κ2) is 8.99. The smallest absolute Gasteiger partial charge is 0.264 e. The zero-order valence-electron chi connectivity index (χ0n) is 15.2. The molecule has 0 radical (unpaired) electrons. The fraction of sp³-hybridized carbons (Fsp3) is 0.429. The van der Waals surface area contributed by atoms with Crippen LogP contribution in [0.5, 0.6) is 0 Å². The number of nitrogens with zero attached hydrogens (tertiary/aromatic N) is 1. The Kier molecular flexibility index (Phi) is 6.45. The lowest BCUT2D eigenvalue weighted by molar-refractivity contribution is -0.121. The van der Waals surface area contributed by atoms with E-state index in [-0.39, 0.29) is 11.8 Å². The lowest BCUT2D eigenvalue weighted by Gasteiger charge is -2.34. The van der Waals surface area contributed by atoms with Crippen molar-refractivity contribution in [1.82, 2.24) is 4.90 Å². The van der Waals surface area contributed by atoms with Gasteiger partial charge in [-0.1, -0.05) is 31.5 Å². The fourth-order valence-electron chi connectivity index (χ4n) is 3.35. The molecule has 138 valence electrons. The number of benzene rings is 1. The van der Waals surface area contributed by atoms with Gasteiger partial charge in [0.25, 0.3) is 5.91 Å². The summed E-state index contributed by atoms with van der Waals surface area (Å²) in [6.07, 6.45) is 6.06. The van der Waals surface area contributed by atoms with E-state index in [1.54, 1.807) is 4.90 Å². The molecule has 1 saturated heterocycles. The lowest BCUT2D eigenvalue weighted by atomic mass is 10.0. The van der Waals surface area contributed by atoms with Crippen LogP contribution in [0.1, 0.15) is 54.3 Å². The molecule has 0 spiro atoms. The van der Waals surface area contributed by atoms with Crippen molar-refractivity contribution in [2.24, 2.45) is 0 Å². The summed E-state index contributed by atoms with van der Waals surface area (Å²) in [5.41, 5.74) is 2.08. The molecule has 1 N–H and O–H groups in total. The van der Waals surface area contributed by atoms with E-state index in [4.69, 9.17) is 0 Å². The Bertz CT molecular complexity index is 725. The van der Waals surface area contributed by atoms with E-state index in [1.165, 1.54) is 29.7 Å². The Balaban J connectivity index is 1.66. The highest BCUT2D eigenvalue weighted by Crippen LogP contribution is 2.23. The van der Waals surface area contributed by atoms with Crippen LogP contribution in [0.4, 0.5) is 5.69 Å². The number of thiophene rings is 1. The molecule has 2 amide bonds. The predicted molar refractivity (Wildman–Crippen MR) is 107 cm³/mol. The van der Waals surface area contributed by atoms with Crippen LogP contribution in [-0.4, -0.2) is 29.3 Å². The quantitative estimate of drug-likeness (QED) is 0.799. The summed E-state index contributed by atoms with van der Waals surface area (Å²) in [4.78, 5) is 28.0. The van der Waals surface area contributed by atoms with Crippen molar-refractivity contribution < 1.29 is 9.59 Å². The van der Waals surface area contributed by atoms with E-state index in [0.717, 1.165) is 31.4 Å². The first-order valence-electron chi connectivity index (χ1n) is 9.43. The average molecular weight is 371 g/mol. The van der Waals surface area contributed by atoms with Crippen molar-refractivity contribution in [2.45, 2.75) is 51.5 Å². The Hall–Kier alpha value is -2.14. The number of nitrogens with one attached hydrogen (secondary N) is 1. The summed E-state index contributed by atoms with van der Waals surface area (Å²) in [6.45, 7) is 2.83. The molecule has 1 aliphatic rings. The molecule has 2 aromatic rings. The Morgan fingerprint density at radius 1 is 1.19 bits per heavy atom. The van der Waals surface area contributed by atoms with Crippen molar-refractivity contribution in [3.05, 3.63) is 52.2 Å². The number of unbranched alkanes of at least 4 members (excludes halogenated alkanes) is 1. The maximum absolute atomic E-state index is 12.8. The van der Waals surface area contributed by atoms with E-state index in [0.29, 0.717) is 11.4 Å². The lowest BCUT2D eigenvalue weighted by Crippen LogP contribution is -2.49. The number of amides is 2. The molecule has 26 heavy (non-hydrogen) atoms. The van der Waals surface area contributed by atoms with Crippen LogP contribution in [-0.2, 0) is 11.2 Å². The van der Waals surface area contributed by atoms with Gasteiger partial charge in [-0.3, -0.25) is 9.59 Å². The molecule has 1 atom stereocenters. The molecular formula is C21H26N2O2S. The van der Waals surface area contributed by atoms with Crippen molar-refractivity contribution in [3.8, 4) is 0 Å². The minimum atomic E-state index is -0.391. The first kappa shape index (κ1) is 18.6. The second-order valence-corrected chi connectivity index (χ2v) is 7.72. The van der Waals surface area contributed by atoms with E-state index in [1.807, 2.05) is 29.6 Å². The summed E-state index contributed by atoms with van der Waals surface area (Å²) in [7, 11) is 0. The molecule has 0 bridgehead atoms. The highest BCUT2D eigenvalue weighted by molar-refractivity contribution is 7.12. The van der Waals surface area contributed by atoms with E-state index in [9.17, 15) is 9.59 Å². The predicted octanol–water partition coefficient (Wildman–Crippen LogP) is 4.72. The summed E-state index contributed by atoms with van der Waals surface area (Å²) in [5, 5.41) is 4.89. The minimum absolute atomic E-state index is 0.0326. The highest BCUT2D eigenvalue weighted by Gasteiger charge is 2.33. The number of anilines is 1. The monoisotopic (exact) mass is 370 g/mol. The number of piperidine rings is 1. The van der Waals surface area contributed by atoms with Gasteiger partial charge in [0, 0.05) is 12.2 Å². The minimum Gasteiger partial charge on any atom is -0.326 e. The third kappa shape index (κ3) is 4.52. The van der Waals surface area contributed by atoms with E-state index < -0.39 is 6.04 Å². The summed E-state index contributed by atoms with van der Waals surface area (Å²) in [6, 6.07) is 11.4. The van der Waals surface area contributed by atoms with Gasteiger partial charge in [0.05, 0.1) is 4.88 Å². The largest absolute Gasteiger partial charge is 0.326 e. The average Bonchev–Trinajstić information content (AvgIpc) is 3.21. The number of hydrogen-bond acceptors (Lipinski definition) is 3. The van der Waals surface area contributed by atoms with Crippen molar-refractivity contribution in [3.63, 3.8) is 0 Å². The molecular weight excluding hydrogens is 344 g/mol. The number of likely N-dealkylation sites (tertiary alicyclic amines) is 1. The maximum atomic E-state index is 12.8. The zero-order valence-corrected chi connectivity index (χ0v) is 16.1. The van der Waals surface area contributed by atoms with Crippen LogP contribution in [0.15, 0.2) is 41.8 Å². The van der Waals surface area contributed by atoms with Gasteiger partial charge in [-0.05, 0) is 61.2 Å². The first-order valence-corrected chi connectivity index (χ1v) is 10.3. The van der Waals surface area contributed by atoms with Crippen LogP contribution in [0, 0.1) is 0 Å². The van der Waals surface area contributed by atoms with Crippen LogP contribution < -0.4 is 5.32 Å². The van der Waals surface area contributed by atoms with Crippen molar-refractivity contribution in [1.29, 1.82) is 0 Å². The topological polar surface area (TPSA) is 49.4 Å². The van der Waals surface area contributed by atoms with E-state index in [2.05, 4.69) is 24.4 Å². The summed E-state index contributed by atoms with van der Waals surface area (Å²) < 4.78 is 0. The molecule has 1 fully saturated rings. The molecule has 4 nitrogen and oxygen atoms in total. The maximum Gasteiger partial charge on any atom is 0.264 e. The van der Waals surface area contributed by atoms with Gasteiger partial charge in [0.1, 0.15) is 6.04 Å². The first-order chi connectivity index (χ1) is 12.7. The van der Waals surface area contributed by atoms with Crippen LogP contribution in [0.25, 0.3) is 0 Å². The number of hydrogen-bond donors (Lipinski definition) is 1. The number of carbonyl (C=O) groups excluding carboxylic acids is 2. The second-order valence-electron chi connectivity index (χ2n) is 6.78. The zero-order chi connectivity index (χ0) is 18.4. The van der Waals surface area contributed by atoms with Gasteiger partial charge in [-0.25, -0.2) is 0 Å². The summed E-state index contributed by atoms with van der Waals surface area (Å²) >= 11 is 1.43. The number of aryl methyl sites for hydroxylation is 1.